The minimum Gasteiger partial charge on any atom is -0.355 e. The molecule has 3 heterocycles. The maximum Gasteiger partial charge on any atom is 0.220 e. The van der Waals surface area contributed by atoms with Gasteiger partial charge < -0.3 is 10.2 Å². The number of aromatic nitrogens is 1. The van der Waals surface area contributed by atoms with Gasteiger partial charge in [-0.05, 0) is 46.8 Å². The number of pyridine rings is 1. The van der Waals surface area contributed by atoms with Crippen molar-refractivity contribution in [2.75, 3.05) is 18.0 Å². The number of carbonyl (C=O) groups is 1. The largest absolute Gasteiger partial charge is 0.355 e. The van der Waals surface area contributed by atoms with Crippen molar-refractivity contribution < 1.29 is 4.79 Å². The van der Waals surface area contributed by atoms with Crippen LogP contribution in [-0.2, 0) is 4.79 Å². The lowest BCUT2D eigenvalue weighted by Gasteiger charge is -2.42. The second-order valence-electron chi connectivity index (χ2n) is 5.02. The van der Waals surface area contributed by atoms with E-state index in [2.05, 4.69) is 31.1 Å². The van der Waals surface area contributed by atoms with Crippen molar-refractivity contribution in [2.45, 2.75) is 25.3 Å². The number of carbonyl (C=O) groups excluding carboxylic acids is 1. The quantitative estimate of drug-likeness (QED) is 0.862. The Morgan fingerprint density at radius 2 is 2.33 bits per heavy atom. The van der Waals surface area contributed by atoms with Crippen molar-refractivity contribution in [3.63, 3.8) is 0 Å². The number of piperidine rings is 2. The Bertz CT molecular complexity index is 465. The molecule has 2 aliphatic rings. The van der Waals surface area contributed by atoms with Crippen LogP contribution in [0.5, 0.6) is 0 Å². The molecule has 96 valence electrons. The van der Waals surface area contributed by atoms with Crippen LogP contribution in [0.25, 0.3) is 0 Å². The van der Waals surface area contributed by atoms with Gasteiger partial charge in [-0.3, -0.25) is 4.79 Å². The summed E-state index contributed by atoms with van der Waals surface area (Å²) in [6.07, 6.45) is 4.50. The summed E-state index contributed by atoms with van der Waals surface area (Å²) in [5.41, 5.74) is 0. The molecule has 0 bridgehead atoms. The van der Waals surface area contributed by atoms with Crippen LogP contribution < -0.4 is 10.2 Å². The van der Waals surface area contributed by atoms with E-state index in [-0.39, 0.29) is 5.91 Å². The maximum atomic E-state index is 11.4. The Morgan fingerprint density at radius 1 is 1.44 bits per heavy atom. The highest BCUT2D eigenvalue weighted by molar-refractivity contribution is 9.10. The van der Waals surface area contributed by atoms with Crippen molar-refractivity contribution in [3.05, 3.63) is 22.8 Å². The van der Waals surface area contributed by atoms with Gasteiger partial charge in [-0.2, -0.15) is 0 Å². The van der Waals surface area contributed by atoms with Crippen LogP contribution >= 0.6 is 15.9 Å². The number of rotatable bonds is 1. The molecule has 1 N–H and O–H groups in total. The molecule has 2 aliphatic heterocycles. The van der Waals surface area contributed by atoms with Crippen LogP contribution in [0.4, 0.5) is 5.82 Å². The molecule has 1 amide bonds. The van der Waals surface area contributed by atoms with Gasteiger partial charge in [-0.25, -0.2) is 4.98 Å². The van der Waals surface area contributed by atoms with E-state index in [1.165, 1.54) is 0 Å². The highest BCUT2D eigenvalue weighted by atomic mass is 79.9. The van der Waals surface area contributed by atoms with Crippen LogP contribution in [0.15, 0.2) is 22.8 Å². The average Bonchev–Trinajstić information content (AvgIpc) is 2.39. The predicted molar refractivity (Wildman–Crippen MR) is 73.4 cm³/mol. The van der Waals surface area contributed by atoms with Crippen LogP contribution in [-0.4, -0.2) is 30.0 Å². The first kappa shape index (κ1) is 12.0. The predicted octanol–water partition coefficient (Wildman–Crippen LogP) is 1.95. The fourth-order valence-electron chi connectivity index (χ4n) is 2.91. The summed E-state index contributed by atoms with van der Waals surface area (Å²) in [5.74, 6) is 1.79. The molecule has 1 aromatic rings. The van der Waals surface area contributed by atoms with Crippen molar-refractivity contribution in [1.82, 2.24) is 10.3 Å². The summed E-state index contributed by atoms with van der Waals surface area (Å²) in [6, 6.07) is 4.32. The van der Waals surface area contributed by atoms with Gasteiger partial charge in [0.15, 0.2) is 0 Å². The lowest BCUT2D eigenvalue weighted by molar-refractivity contribution is -0.124. The molecule has 0 spiro atoms. The molecule has 0 saturated carbocycles. The molecule has 4 nitrogen and oxygen atoms in total. The van der Waals surface area contributed by atoms with E-state index >= 15 is 0 Å². The maximum absolute atomic E-state index is 11.4. The van der Waals surface area contributed by atoms with E-state index in [0.717, 1.165) is 36.2 Å². The third-order valence-electron chi connectivity index (χ3n) is 3.86. The van der Waals surface area contributed by atoms with Gasteiger partial charge in [0.05, 0.1) is 4.47 Å². The van der Waals surface area contributed by atoms with Crippen molar-refractivity contribution in [3.8, 4) is 0 Å². The van der Waals surface area contributed by atoms with E-state index in [4.69, 9.17) is 0 Å². The van der Waals surface area contributed by atoms with E-state index in [9.17, 15) is 4.79 Å². The molecule has 0 radical (unpaired) electrons. The Hall–Kier alpha value is -1.10. The Kier molecular flexibility index (Phi) is 3.24. The zero-order chi connectivity index (χ0) is 12.5. The standard InChI is InChI=1S/C13H16BrN3O/c14-10-2-1-6-15-13(10)17-7-5-11-9(8-17)3-4-12(18)16-11/h1-2,6,9,11H,3-5,7-8H2,(H,16,18). The minimum absolute atomic E-state index is 0.212. The molecule has 2 fully saturated rings. The minimum atomic E-state index is 0.212. The Labute approximate surface area is 115 Å². The number of fused-ring (bicyclic) bond motifs is 1. The van der Waals surface area contributed by atoms with E-state index in [1.54, 1.807) is 0 Å². The summed E-state index contributed by atoms with van der Waals surface area (Å²) in [5, 5.41) is 3.11. The van der Waals surface area contributed by atoms with Gasteiger partial charge in [-0.15, -0.1) is 0 Å². The zero-order valence-corrected chi connectivity index (χ0v) is 11.7. The molecule has 3 rings (SSSR count). The van der Waals surface area contributed by atoms with Crippen LogP contribution in [0, 0.1) is 5.92 Å². The SMILES string of the molecule is O=C1CCC2CN(c3ncccc3Br)CCC2N1. The molecule has 0 aromatic carbocycles. The summed E-state index contributed by atoms with van der Waals surface area (Å²) in [6.45, 7) is 1.94. The Morgan fingerprint density at radius 3 is 3.17 bits per heavy atom. The normalized spacial score (nSPS) is 27.6. The zero-order valence-electron chi connectivity index (χ0n) is 10.1. The molecule has 2 saturated heterocycles. The smallest absolute Gasteiger partial charge is 0.220 e. The highest BCUT2D eigenvalue weighted by Crippen LogP contribution is 2.31. The van der Waals surface area contributed by atoms with Gasteiger partial charge in [0.25, 0.3) is 0 Å². The van der Waals surface area contributed by atoms with Gasteiger partial charge in [0.1, 0.15) is 5.82 Å². The fourth-order valence-corrected chi connectivity index (χ4v) is 3.42. The van der Waals surface area contributed by atoms with Crippen molar-refractivity contribution >= 4 is 27.7 Å². The van der Waals surface area contributed by atoms with E-state index in [1.807, 2.05) is 18.3 Å². The van der Waals surface area contributed by atoms with Crippen molar-refractivity contribution in [2.24, 2.45) is 5.92 Å². The summed E-state index contributed by atoms with van der Waals surface area (Å²) >= 11 is 3.56. The van der Waals surface area contributed by atoms with E-state index in [0.29, 0.717) is 18.4 Å². The fraction of sp³-hybridized carbons (Fsp3) is 0.538. The molecular weight excluding hydrogens is 294 g/mol. The number of anilines is 1. The summed E-state index contributed by atoms with van der Waals surface area (Å²) in [7, 11) is 0. The Balaban J connectivity index is 1.75. The molecule has 2 atom stereocenters. The number of halogens is 1. The number of nitrogens with one attached hydrogen (secondary N) is 1. The van der Waals surface area contributed by atoms with Crippen LogP contribution in [0.3, 0.4) is 0 Å². The average molecular weight is 310 g/mol. The third-order valence-corrected chi connectivity index (χ3v) is 4.48. The number of hydrogen-bond acceptors (Lipinski definition) is 3. The molecule has 1 aromatic heterocycles. The van der Waals surface area contributed by atoms with Crippen LogP contribution in [0.1, 0.15) is 19.3 Å². The molecule has 5 heteroatoms. The lowest BCUT2D eigenvalue weighted by atomic mass is 9.85. The molecule has 2 unspecified atom stereocenters. The second-order valence-corrected chi connectivity index (χ2v) is 5.87. The van der Waals surface area contributed by atoms with E-state index < -0.39 is 0 Å². The van der Waals surface area contributed by atoms with Gasteiger partial charge in [0, 0.05) is 31.7 Å². The monoisotopic (exact) mass is 309 g/mol. The molecule has 0 aliphatic carbocycles. The second kappa shape index (κ2) is 4.88. The number of amides is 1. The first-order valence-electron chi connectivity index (χ1n) is 6.39. The van der Waals surface area contributed by atoms with Gasteiger partial charge in [0.2, 0.25) is 5.91 Å². The van der Waals surface area contributed by atoms with Crippen molar-refractivity contribution in [1.29, 1.82) is 0 Å². The van der Waals surface area contributed by atoms with Gasteiger partial charge in [-0.1, -0.05) is 0 Å². The topological polar surface area (TPSA) is 45.2 Å². The number of hydrogen-bond donors (Lipinski definition) is 1. The number of nitrogens with zero attached hydrogens (tertiary/aromatic N) is 2. The summed E-state index contributed by atoms with van der Waals surface area (Å²) in [4.78, 5) is 18.1. The van der Waals surface area contributed by atoms with Gasteiger partial charge >= 0.3 is 0 Å². The first-order valence-corrected chi connectivity index (χ1v) is 7.18. The first-order chi connectivity index (χ1) is 8.74. The molecular formula is C13H16BrN3O. The lowest BCUT2D eigenvalue weighted by Crippen LogP contribution is -2.54. The summed E-state index contributed by atoms with van der Waals surface area (Å²) < 4.78 is 1.04. The van der Waals surface area contributed by atoms with Crippen LogP contribution in [0.2, 0.25) is 0 Å². The highest BCUT2D eigenvalue weighted by Gasteiger charge is 2.34. The third kappa shape index (κ3) is 2.23. The molecule has 18 heavy (non-hydrogen) atoms.